The molecule has 4 atom stereocenters. The summed E-state index contributed by atoms with van der Waals surface area (Å²) in [5.41, 5.74) is 13.9. The summed E-state index contributed by atoms with van der Waals surface area (Å²) in [6, 6.07) is 56.4. The van der Waals surface area contributed by atoms with Gasteiger partial charge >= 0.3 is 0 Å². The summed E-state index contributed by atoms with van der Waals surface area (Å²) in [5, 5.41) is 8.12. The number of nitrogens with zero attached hydrogens (tertiary/aromatic N) is 2. The molecule has 2 nitrogen and oxygen atoms in total. The van der Waals surface area contributed by atoms with Crippen molar-refractivity contribution in [2.45, 2.75) is 114 Å². The van der Waals surface area contributed by atoms with E-state index in [0.29, 0.717) is 0 Å². The third-order valence-corrected chi connectivity index (χ3v) is 17.0. The molecule has 0 N–H and O–H groups in total. The smallest absolute Gasteiger partial charge is 0.0517 e. The van der Waals surface area contributed by atoms with Gasteiger partial charge in [0.15, 0.2) is 0 Å². The molecule has 0 aromatic heterocycles. The van der Waals surface area contributed by atoms with Crippen molar-refractivity contribution < 1.29 is 0 Å². The molecule has 2 aliphatic carbocycles. The van der Waals surface area contributed by atoms with Crippen LogP contribution in [-0.4, -0.2) is 11.1 Å². The molecule has 2 fully saturated rings. The van der Waals surface area contributed by atoms with Crippen molar-refractivity contribution in [1.29, 1.82) is 0 Å². The number of para-hydroxylation sites is 2. The molecule has 4 aliphatic rings. The Labute approximate surface area is 356 Å². The van der Waals surface area contributed by atoms with Crippen LogP contribution in [0, 0.1) is 0 Å². The van der Waals surface area contributed by atoms with E-state index in [1.807, 2.05) is 0 Å². The maximum Gasteiger partial charge on any atom is 0.0517 e. The van der Waals surface area contributed by atoms with E-state index in [0.717, 1.165) is 0 Å². The first-order valence-electron chi connectivity index (χ1n) is 22.9. The topological polar surface area (TPSA) is 6.48 Å². The Bertz CT molecular complexity index is 2760. The first kappa shape index (κ1) is 36.3. The highest BCUT2D eigenvalue weighted by Crippen LogP contribution is 2.62. The lowest BCUT2D eigenvalue weighted by Gasteiger charge is -2.46. The minimum atomic E-state index is 0.0223. The van der Waals surface area contributed by atoms with Gasteiger partial charge in [0, 0.05) is 33.6 Å². The van der Waals surface area contributed by atoms with Gasteiger partial charge in [0.05, 0.1) is 11.1 Å². The van der Waals surface area contributed by atoms with Gasteiger partial charge in [-0.3, -0.25) is 0 Å². The van der Waals surface area contributed by atoms with Crippen molar-refractivity contribution >= 4 is 55.1 Å². The number of fused-ring (bicyclic) bond motifs is 6. The third-order valence-electron chi connectivity index (χ3n) is 17.0. The fourth-order valence-electron chi connectivity index (χ4n) is 13.4. The van der Waals surface area contributed by atoms with E-state index in [1.165, 1.54) is 153 Å². The normalized spacial score (nSPS) is 26.2. The molecule has 2 saturated carbocycles. The van der Waals surface area contributed by atoms with Crippen LogP contribution in [0.5, 0.6) is 0 Å². The lowest BCUT2D eigenvalue weighted by atomic mass is 9.66. The highest BCUT2D eigenvalue weighted by Gasteiger charge is 2.58. The van der Waals surface area contributed by atoms with Gasteiger partial charge in [-0.15, -0.1) is 0 Å². The van der Waals surface area contributed by atoms with E-state index >= 15 is 0 Å². The summed E-state index contributed by atoms with van der Waals surface area (Å²) in [4.78, 5) is 5.41. The van der Waals surface area contributed by atoms with Gasteiger partial charge in [0.25, 0.3) is 0 Å². The predicted octanol–water partition coefficient (Wildman–Crippen LogP) is 16.2. The Kier molecular flexibility index (Phi) is 7.83. The minimum absolute atomic E-state index is 0.0223. The van der Waals surface area contributed by atoms with Crippen LogP contribution in [0.25, 0.3) is 54.6 Å². The fraction of sp³-hybridized carbons (Fsp3) is 0.310. The minimum Gasteiger partial charge on any atom is -0.334 e. The quantitative estimate of drug-likeness (QED) is 0.164. The van der Waals surface area contributed by atoms with E-state index in [-0.39, 0.29) is 21.9 Å². The third kappa shape index (κ3) is 4.77. The molecule has 8 aromatic carbocycles. The molecule has 12 rings (SSSR count). The molecular formula is C58H56N2. The zero-order chi connectivity index (χ0) is 40.4. The van der Waals surface area contributed by atoms with E-state index in [2.05, 4.69) is 183 Å². The maximum absolute atomic E-state index is 2.71. The largest absolute Gasteiger partial charge is 0.334 e. The SMILES string of the molecule is CC12CCCCCC1(C)N(c1ccccc1)c1ccc(-c3ccc4ccc5c(-c6ccc7c(c6)C6(C)CCCCCC6(C)N7c6ccccc6)ccc6ccc3c4c65)cc12. The Morgan fingerprint density at radius 3 is 1.22 bits per heavy atom. The number of rotatable bonds is 4. The van der Waals surface area contributed by atoms with Crippen molar-refractivity contribution in [2.75, 3.05) is 9.80 Å². The molecule has 60 heavy (non-hydrogen) atoms. The van der Waals surface area contributed by atoms with Crippen LogP contribution in [0.2, 0.25) is 0 Å². The summed E-state index contributed by atoms with van der Waals surface area (Å²) >= 11 is 0. The number of anilines is 4. The Hall–Kier alpha value is -5.60. The second-order valence-electron chi connectivity index (χ2n) is 19.8. The van der Waals surface area contributed by atoms with E-state index < -0.39 is 0 Å². The second-order valence-corrected chi connectivity index (χ2v) is 19.8. The average Bonchev–Trinajstić information content (AvgIpc) is 3.39. The number of hydrogen-bond donors (Lipinski definition) is 0. The summed E-state index contributed by atoms with van der Waals surface area (Å²) < 4.78 is 0. The van der Waals surface area contributed by atoms with Crippen molar-refractivity contribution in [3.8, 4) is 22.3 Å². The Morgan fingerprint density at radius 1 is 0.383 bits per heavy atom. The molecule has 2 heterocycles. The van der Waals surface area contributed by atoms with E-state index in [9.17, 15) is 0 Å². The lowest BCUT2D eigenvalue weighted by Crippen LogP contribution is -2.52. The molecule has 0 spiro atoms. The monoisotopic (exact) mass is 780 g/mol. The standard InChI is InChI=1S/C58H56N2/c1-55-33-13-7-15-35-57(55,3)59(43-17-9-5-10-18-43)51-31-25-41(37-49(51)55)45-27-21-39-24-30-48-46(28-22-40-23-29-47(45)53(39)54(40)48)42-26-32-52-50(38-42)56(2)34-14-8-16-36-58(56,4)60(52)44-19-11-6-12-20-44/h5-6,9-12,17-32,37-38H,7-8,13-16,33-36H2,1-4H3. The summed E-state index contributed by atoms with van der Waals surface area (Å²) in [6.07, 6.45) is 12.6. The van der Waals surface area contributed by atoms with Gasteiger partial charge in [0.1, 0.15) is 0 Å². The highest BCUT2D eigenvalue weighted by molar-refractivity contribution is 6.27. The van der Waals surface area contributed by atoms with Crippen LogP contribution < -0.4 is 9.80 Å². The molecule has 8 aromatic rings. The zero-order valence-electron chi connectivity index (χ0n) is 35.8. The van der Waals surface area contributed by atoms with Crippen LogP contribution >= 0.6 is 0 Å². The van der Waals surface area contributed by atoms with Gasteiger partial charge in [-0.25, -0.2) is 0 Å². The molecule has 0 amide bonds. The summed E-state index contributed by atoms with van der Waals surface area (Å²) in [6.45, 7) is 10.2. The lowest BCUT2D eigenvalue weighted by molar-refractivity contribution is 0.261. The second kappa shape index (κ2) is 13.0. The first-order valence-corrected chi connectivity index (χ1v) is 22.9. The Balaban J connectivity index is 1.02. The summed E-state index contributed by atoms with van der Waals surface area (Å²) in [7, 11) is 0. The molecule has 4 unspecified atom stereocenters. The Morgan fingerprint density at radius 2 is 0.783 bits per heavy atom. The zero-order valence-corrected chi connectivity index (χ0v) is 35.8. The van der Waals surface area contributed by atoms with Gasteiger partial charge in [-0.05, 0) is 154 Å². The maximum atomic E-state index is 2.71. The van der Waals surface area contributed by atoms with Gasteiger partial charge in [-0.2, -0.15) is 0 Å². The fourth-order valence-corrected chi connectivity index (χ4v) is 13.4. The molecular weight excluding hydrogens is 725 g/mol. The van der Waals surface area contributed by atoms with E-state index in [4.69, 9.17) is 0 Å². The van der Waals surface area contributed by atoms with Gasteiger partial charge in [-0.1, -0.05) is 149 Å². The van der Waals surface area contributed by atoms with Crippen LogP contribution in [0.15, 0.2) is 146 Å². The predicted molar refractivity (Wildman–Crippen MR) is 256 cm³/mol. The summed E-state index contributed by atoms with van der Waals surface area (Å²) in [5.74, 6) is 0. The molecule has 0 bridgehead atoms. The molecule has 298 valence electrons. The van der Waals surface area contributed by atoms with Crippen LogP contribution in [0.4, 0.5) is 22.7 Å². The van der Waals surface area contributed by atoms with Crippen molar-refractivity contribution in [3.05, 3.63) is 157 Å². The van der Waals surface area contributed by atoms with Crippen molar-refractivity contribution in [3.63, 3.8) is 0 Å². The van der Waals surface area contributed by atoms with Crippen molar-refractivity contribution in [2.24, 2.45) is 0 Å². The van der Waals surface area contributed by atoms with Crippen LogP contribution in [-0.2, 0) is 10.8 Å². The van der Waals surface area contributed by atoms with Crippen LogP contribution in [0.3, 0.4) is 0 Å². The van der Waals surface area contributed by atoms with Gasteiger partial charge < -0.3 is 9.80 Å². The number of hydrogen-bond acceptors (Lipinski definition) is 2. The van der Waals surface area contributed by atoms with Crippen molar-refractivity contribution in [1.82, 2.24) is 0 Å². The van der Waals surface area contributed by atoms with Crippen LogP contribution in [0.1, 0.15) is 103 Å². The highest BCUT2D eigenvalue weighted by atomic mass is 15.3. The average molecular weight is 781 g/mol. The van der Waals surface area contributed by atoms with Gasteiger partial charge in [0.2, 0.25) is 0 Å². The number of benzene rings is 8. The molecule has 0 radical (unpaired) electrons. The molecule has 2 aliphatic heterocycles. The molecule has 0 saturated heterocycles. The van der Waals surface area contributed by atoms with E-state index in [1.54, 1.807) is 0 Å². The molecule has 2 heteroatoms. The first-order chi connectivity index (χ1) is 29.2.